The normalized spacial score (nSPS) is 11.1. The van der Waals surface area contributed by atoms with Crippen LogP contribution < -0.4 is 10.1 Å². The van der Waals surface area contributed by atoms with Crippen molar-refractivity contribution >= 4 is 23.2 Å². The molecule has 2 aromatic heterocycles. The van der Waals surface area contributed by atoms with Gasteiger partial charge in [0.1, 0.15) is 0 Å². The maximum atomic E-state index is 12.5. The average Bonchev–Trinajstić information content (AvgIpc) is 2.67. The third-order valence-corrected chi connectivity index (χ3v) is 3.81. The van der Waals surface area contributed by atoms with Crippen LogP contribution >= 0.6 is 11.6 Å². The average molecular weight is 408 g/mol. The molecule has 144 valence electrons. The van der Waals surface area contributed by atoms with Crippen LogP contribution in [0.3, 0.4) is 0 Å². The van der Waals surface area contributed by atoms with Crippen molar-refractivity contribution < 1.29 is 22.7 Å². The number of pyridine rings is 2. The van der Waals surface area contributed by atoms with E-state index in [1.807, 2.05) is 0 Å². The van der Waals surface area contributed by atoms with Crippen molar-refractivity contribution in [1.29, 1.82) is 0 Å². The van der Waals surface area contributed by atoms with Gasteiger partial charge in [-0.1, -0.05) is 23.7 Å². The van der Waals surface area contributed by atoms with E-state index in [1.165, 1.54) is 24.7 Å². The van der Waals surface area contributed by atoms with Gasteiger partial charge in [-0.3, -0.25) is 9.78 Å². The monoisotopic (exact) mass is 407 g/mol. The summed E-state index contributed by atoms with van der Waals surface area (Å²) >= 11 is 5.87. The maximum Gasteiger partial charge on any atom is 0.422 e. The van der Waals surface area contributed by atoms with Crippen LogP contribution in [0.15, 0.2) is 61.1 Å². The highest BCUT2D eigenvalue weighted by Crippen LogP contribution is 2.32. The summed E-state index contributed by atoms with van der Waals surface area (Å²) in [6.45, 7) is -1.48. The number of hydrogen-bond acceptors (Lipinski definition) is 4. The standard InChI is InChI=1S/C19H13ClF3N3O2/c20-14-5-3-12(4-6-14)16-8-15(10-25-18(16)28-11-19(21,22)23)26-17(27)13-2-1-7-24-9-13/h1-10H,11H2,(H,26,27). The van der Waals surface area contributed by atoms with E-state index in [4.69, 9.17) is 16.3 Å². The van der Waals surface area contributed by atoms with Gasteiger partial charge in [-0.15, -0.1) is 0 Å². The highest BCUT2D eigenvalue weighted by Gasteiger charge is 2.29. The maximum absolute atomic E-state index is 12.5. The largest absolute Gasteiger partial charge is 0.468 e. The number of anilines is 1. The molecule has 1 N–H and O–H groups in total. The van der Waals surface area contributed by atoms with E-state index < -0.39 is 18.7 Å². The Hall–Kier alpha value is -3.13. The predicted molar refractivity (Wildman–Crippen MR) is 98.4 cm³/mol. The number of amides is 1. The predicted octanol–water partition coefficient (Wildman–Crippen LogP) is 4.99. The van der Waals surface area contributed by atoms with Crippen molar-refractivity contribution in [2.75, 3.05) is 11.9 Å². The van der Waals surface area contributed by atoms with Gasteiger partial charge in [0.25, 0.3) is 5.91 Å². The highest BCUT2D eigenvalue weighted by molar-refractivity contribution is 6.30. The minimum absolute atomic E-state index is 0.209. The Morgan fingerprint density at radius 1 is 1.14 bits per heavy atom. The van der Waals surface area contributed by atoms with Crippen molar-refractivity contribution in [2.24, 2.45) is 0 Å². The molecule has 0 aliphatic heterocycles. The molecule has 3 rings (SSSR count). The highest BCUT2D eigenvalue weighted by atomic mass is 35.5. The molecule has 0 bridgehead atoms. The molecule has 5 nitrogen and oxygen atoms in total. The Bertz CT molecular complexity index is 964. The topological polar surface area (TPSA) is 64.1 Å². The minimum Gasteiger partial charge on any atom is -0.468 e. The van der Waals surface area contributed by atoms with Gasteiger partial charge >= 0.3 is 6.18 Å². The van der Waals surface area contributed by atoms with Gasteiger partial charge in [0.15, 0.2) is 6.61 Å². The van der Waals surface area contributed by atoms with E-state index in [0.717, 1.165) is 0 Å². The number of nitrogens with one attached hydrogen (secondary N) is 1. The number of nitrogens with zero attached hydrogens (tertiary/aromatic N) is 2. The molecule has 28 heavy (non-hydrogen) atoms. The SMILES string of the molecule is O=C(Nc1cnc(OCC(F)(F)F)c(-c2ccc(Cl)cc2)c1)c1cccnc1. The molecule has 0 atom stereocenters. The third-order valence-electron chi connectivity index (χ3n) is 3.56. The molecule has 0 spiro atoms. The van der Waals surface area contributed by atoms with Gasteiger partial charge in [-0.05, 0) is 35.9 Å². The van der Waals surface area contributed by atoms with E-state index in [-0.39, 0.29) is 17.1 Å². The van der Waals surface area contributed by atoms with Crippen LogP contribution in [0.25, 0.3) is 11.1 Å². The number of carbonyl (C=O) groups is 1. The lowest BCUT2D eigenvalue weighted by molar-refractivity contribution is -0.154. The molecular formula is C19H13ClF3N3O2. The van der Waals surface area contributed by atoms with E-state index in [1.54, 1.807) is 36.4 Å². The number of halogens is 4. The third kappa shape index (κ3) is 5.20. The fourth-order valence-electron chi connectivity index (χ4n) is 2.32. The summed E-state index contributed by atoms with van der Waals surface area (Å²) in [5.74, 6) is -0.639. The second-order valence-corrected chi connectivity index (χ2v) is 6.12. The number of aromatic nitrogens is 2. The van der Waals surface area contributed by atoms with Crippen LogP contribution in [0.2, 0.25) is 5.02 Å². The van der Waals surface area contributed by atoms with Crippen LogP contribution in [0, 0.1) is 0 Å². The van der Waals surface area contributed by atoms with E-state index in [9.17, 15) is 18.0 Å². The molecule has 3 aromatic rings. The molecule has 2 heterocycles. The van der Waals surface area contributed by atoms with Crippen LogP contribution in [0.1, 0.15) is 10.4 Å². The Morgan fingerprint density at radius 3 is 2.54 bits per heavy atom. The first kappa shape index (κ1) is 19.6. The Morgan fingerprint density at radius 2 is 1.89 bits per heavy atom. The van der Waals surface area contributed by atoms with Crippen LogP contribution in [0.5, 0.6) is 5.88 Å². The molecular weight excluding hydrogens is 395 g/mol. The van der Waals surface area contributed by atoms with Crippen molar-refractivity contribution in [3.63, 3.8) is 0 Å². The molecule has 0 saturated heterocycles. The van der Waals surface area contributed by atoms with E-state index in [0.29, 0.717) is 16.1 Å². The lowest BCUT2D eigenvalue weighted by Crippen LogP contribution is -2.20. The molecule has 9 heteroatoms. The van der Waals surface area contributed by atoms with Gasteiger partial charge in [0.2, 0.25) is 5.88 Å². The van der Waals surface area contributed by atoms with Gasteiger partial charge in [-0.25, -0.2) is 4.98 Å². The van der Waals surface area contributed by atoms with Crippen molar-refractivity contribution in [2.45, 2.75) is 6.18 Å². The number of carbonyl (C=O) groups excluding carboxylic acids is 1. The van der Waals surface area contributed by atoms with Crippen molar-refractivity contribution in [3.05, 3.63) is 71.6 Å². The van der Waals surface area contributed by atoms with Crippen molar-refractivity contribution in [1.82, 2.24) is 9.97 Å². The molecule has 0 fully saturated rings. The summed E-state index contributed by atoms with van der Waals surface area (Å²) in [6, 6.07) is 11.1. The first-order valence-corrected chi connectivity index (χ1v) is 8.36. The first-order chi connectivity index (χ1) is 13.3. The fourth-order valence-corrected chi connectivity index (χ4v) is 2.45. The molecule has 1 amide bonds. The summed E-state index contributed by atoms with van der Waals surface area (Å²) in [4.78, 5) is 20.1. The molecule has 0 aliphatic rings. The summed E-state index contributed by atoms with van der Waals surface area (Å²) in [5.41, 5.74) is 1.43. The van der Waals surface area contributed by atoms with Crippen molar-refractivity contribution in [3.8, 4) is 17.0 Å². The van der Waals surface area contributed by atoms with Gasteiger partial charge in [0.05, 0.1) is 17.4 Å². The summed E-state index contributed by atoms with van der Waals surface area (Å²) in [5, 5.41) is 3.10. The zero-order valence-electron chi connectivity index (χ0n) is 14.2. The number of hydrogen-bond donors (Lipinski definition) is 1. The van der Waals surface area contributed by atoms with Gasteiger partial charge in [-0.2, -0.15) is 13.2 Å². The second kappa shape index (κ2) is 8.26. The van der Waals surface area contributed by atoms with Crippen LogP contribution in [-0.2, 0) is 0 Å². The molecule has 0 aliphatic carbocycles. The number of benzene rings is 1. The quantitative estimate of drug-likeness (QED) is 0.647. The summed E-state index contributed by atoms with van der Waals surface area (Å²) in [6.07, 6.45) is -0.362. The summed E-state index contributed by atoms with van der Waals surface area (Å²) in [7, 11) is 0. The van der Waals surface area contributed by atoms with Gasteiger partial charge < -0.3 is 10.1 Å². The molecule has 0 unspecified atom stereocenters. The lowest BCUT2D eigenvalue weighted by atomic mass is 10.1. The Labute approximate surface area is 163 Å². The molecule has 0 saturated carbocycles. The summed E-state index contributed by atoms with van der Waals surface area (Å²) < 4.78 is 42.4. The second-order valence-electron chi connectivity index (χ2n) is 5.68. The molecule has 1 aromatic carbocycles. The van der Waals surface area contributed by atoms with Crippen LogP contribution in [-0.4, -0.2) is 28.7 Å². The lowest BCUT2D eigenvalue weighted by Gasteiger charge is -2.14. The number of ether oxygens (including phenoxy) is 1. The van der Waals surface area contributed by atoms with Crippen LogP contribution in [0.4, 0.5) is 18.9 Å². The number of alkyl halides is 3. The zero-order chi connectivity index (χ0) is 20.1. The zero-order valence-corrected chi connectivity index (χ0v) is 15.0. The van der Waals surface area contributed by atoms with E-state index >= 15 is 0 Å². The minimum atomic E-state index is -4.51. The fraction of sp³-hybridized carbons (Fsp3) is 0.105. The van der Waals surface area contributed by atoms with E-state index in [2.05, 4.69) is 15.3 Å². The van der Waals surface area contributed by atoms with Gasteiger partial charge in [0, 0.05) is 23.0 Å². The Balaban J connectivity index is 1.91. The Kier molecular flexibility index (Phi) is 5.79. The first-order valence-electron chi connectivity index (χ1n) is 7.99. The number of rotatable bonds is 5. The smallest absolute Gasteiger partial charge is 0.422 e. The molecule has 0 radical (unpaired) electrons.